The first kappa shape index (κ1) is 12.6. The molecule has 0 radical (unpaired) electrons. The second kappa shape index (κ2) is 6.13. The van der Waals surface area contributed by atoms with E-state index in [-0.39, 0.29) is 11.3 Å². The van der Waals surface area contributed by atoms with Gasteiger partial charge in [-0.2, -0.15) is 0 Å². The van der Waals surface area contributed by atoms with E-state index in [1.807, 2.05) is 13.8 Å². The van der Waals surface area contributed by atoms with E-state index in [4.69, 9.17) is 5.11 Å². The van der Waals surface area contributed by atoms with Gasteiger partial charge in [0.1, 0.15) is 11.6 Å². The van der Waals surface area contributed by atoms with Gasteiger partial charge in [0.05, 0.1) is 5.56 Å². The van der Waals surface area contributed by atoms with Gasteiger partial charge < -0.3 is 5.11 Å². The maximum absolute atomic E-state index is 13.1. The molecule has 0 unspecified atom stereocenters. The fourth-order valence-electron chi connectivity index (χ4n) is 1.01. The zero-order valence-corrected chi connectivity index (χ0v) is 8.67. The fourth-order valence-corrected chi connectivity index (χ4v) is 1.01. The number of phenols is 1. The average Bonchev–Trinajstić information content (AvgIpc) is 2.22. The molecule has 78 valence electrons. The summed E-state index contributed by atoms with van der Waals surface area (Å²) in [7, 11) is 0. The monoisotopic (exact) mass is 198 g/mol. The van der Waals surface area contributed by atoms with E-state index in [2.05, 4.69) is 0 Å². The minimum atomic E-state index is -0.618. The highest BCUT2D eigenvalue weighted by molar-refractivity contribution is 5.79. The molecule has 0 fully saturated rings. The molecule has 1 N–H and O–H groups in total. The van der Waals surface area contributed by atoms with E-state index < -0.39 is 5.82 Å². The lowest BCUT2D eigenvalue weighted by Gasteiger charge is -2.03. The van der Waals surface area contributed by atoms with Gasteiger partial charge in [-0.1, -0.05) is 26.8 Å². The van der Waals surface area contributed by atoms with Gasteiger partial charge in [-0.05, 0) is 18.1 Å². The molecule has 1 aromatic rings. The van der Waals surface area contributed by atoms with Gasteiger partial charge in [0.15, 0.2) is 6.29 Å². The summed E-state index contributed by atoms with van der Waals surface area (Å²) in [5.41, 5.74) is 0.184. The summed E-state index contributed by atoms with van der Waals surface area (Å²) in [5.74, 6) is -0.924. The molecule has 2 nitrogen and oxygen atoms in total. The van der Waals surface area contributed by atoms with Crippen LogP contribution in [-0.4, -0.2) is 11.4 Å². The normalized spacial score (nSPS) is 8.86. The highest BCUT2D eigenvalue weighted by Crippen LogP contribution is 2.21. The van der Waals surface area contributed by atoms with Crippen LogP contribution in [0.1, 0.15) is 36.7 Å². The van der Waals surface area contributed by atoms with Crippen molar-refractivity contribution >= 4 is 6.29 Å². The molecule has 3 heteroatoms. The van der Waals surface area contributed by atoms with Crippen LogP contribution in [0.15, 0.2) is 12.1 Å². The van der Waals surface area contributed by atoms with Crippen LogP contribution in [0.5, 0.6) is 5.75 Å². The van der Waals surface area contributed by atoms with Gasteiger partial charge in [0.25, 0.3) is 0 Å². The smallest absolute Gasteiger partial charge is 0.156 e. The second-order valence-corrected chi connectivity index (χ2v) is 2.44. The predicted molar refractivity (Wildman–Crippen MR) is 54.2 cm³/mol. The summed E-state index contributed by atoms with van der Waals surface area (Å²) in [6.45, 7) is 5.78. The summed E-state index contributed by atoms with van der Waals surface area (Å²) < 4.78 is 13.1. The molecule has 0 heterocycles. The molecule has 0 saturated carbocycles. The highest BCUT2D eigenvalue weighted by atomic mass is 19.1. The molecule has 0 aliphatic carbocycles. The number of aryl methyl sites for hydroxylation is 1. The van der Waals surface area contributed by atoms with Crippen molar-refractivity contribution in [2.75, 3.05) is 0 Å². The molecule has 0 saturated heterocycles. The third-order valence-electron chi connectivity index (χ3n) is 1.74. The van der Waals surface area contributed by atoms with Crippen LogP contribution >= 0.6 is 0 Å². The van der Waals surface area contributed by atoms with Gasteiger partial charge in [-0.25, -0.2) is 4.39 Å². The first-order valence-corrected chi connectivity index (χ1v) is 4.66. The van der Waals surface area contributed by atoms with Crippen molar-refractivity contribution in [3.8, 4) is 5.75 Å². The highest BCUT2D eigenvalue weighted by Gasteiger charge is 2.10. The Morgan fingerprint density at radius 2 is 2.00 bits per heavy atom. The molecule has 14 heavy (non-hydrogen) atoms. The molecule has 1 aromatic carbocycles. The lowest BCUT2D eigenvalue weighted by molar-refractivity contribution is 0.111. The number of aromatic hydroxyl groups is 1. The summed E-state index contributed by atoms with van der Waals surface area (Å²) in [4.78, 5) is 10.3. The Morgan fingerprint density at radius 1 is 1.43 bits per heavy atom. The van der Waals surface area contributed by atoms with Crippen LogP contribution in [0.25, 0.3) is 0 Å². The third-order valence-corrected chi connectivity index (χ3v) is 1.74. The van der Waals surface area contributed by atoms with Gasteiger partial charge in [0.2, 0.25) is 0 Å². The van der Waals surface area contributed by atoms with E-state index in [0.717, 1.165) is 0 Å². The van der Waals surface area contributed by atoms with Gasteiger partial charge >= 0.3 is 0 Å². The zero-order chi connectivity index (χ0) is 11.1. The number of halogens is 1. The maximum atomic E-state index is 13.1. The van der Waals surface area contributed by atoms with E-state index >= 15 is 0 Å². The number of carbonyl (C=O) groups is 1. The van der Waals surface area contributed by atoms with Crippen molar-refractivity contribution in [2.45, 2.75) is 27.2 Å². The summed E-state index contributed by atoms with van der Waals surface area (Å²) >= 11 is 0. The van der Waals surface area contributed by atoms with E-state index in [1.54, 1.807) is 6.92 Å². The zero-order valence-electron chi connectivity index (χ0n) is 8.67. The molecule has 0 aliphatic rings. The number of hydrogen-bond acceptors (Lipinski definition) is 2. The summed E-state index contributed by atoms with van der Waals surface area (Å²) in [6.07, 6.45) is 0.830. The lowest BCUT2D eigenvalue weighted by atomic mass is 10.1. The minimum absolute atomic E-state index is 0.255. The average molecular weight is 198 g/mol. The molecule has 0 aliphatic heterocycles. The molecule has 0 spiro atoms. The van der Waals surface area contributed by atoms with Crippen molar-refractivity contribution in [3.05, 3.63) is 29.1 Å². The SMILES string of the molecule is CC.CCc1ccc(O)c(C=O)c1F. The van der Waals surface area contributed by atoms with E-state index in [9.17, 15) is 9.18 Å². The summed E-state index contributed by atoms with van der Waals surface area (Å²) in [6, 6.07) is 2.79. The van der Waals surface area contributed by atoms with Gasteiger partial charge in [0, 0.05) is 0 Å². The van der Waals surface area contributed by atoms with Crippen LogP contribution in [-0.2, 0) is 6.42 Å². The van der Waals surface area contributed by atoms with Gasteiger partial charge in [-0.15, -0.1) is 0 Å². The summed E-state index contributed by atoms with van der Waals surface area (Å²) in [5, 5.41) is 9.04. The molecule has 0 atom stereocenters. The largest absolute Gasteiger partial charge is 0.507 e. The first-order valence-electron chi connectivity index (χ1n) is 4.66. The fraction of sp³-hybridized carbons (Fsp3) is 0.364. The van der Waals surface area contributed by atoms with Crippen molar-refractivity contribution < 1.29 is 14.3 Å². The standard InChI is InChI=1S/C9H9FO2.C2H6/c1-2-6-3-4-8(12)7(5-11)9(6)10;1-2/h3-5,12H,2H2,1H3;1-2H3. The van der Waals surface area contributed by atoms with E-state index in [0.29, 0.717) is 18.3 Å². The number of benzene rings is 1. The molecule has 1 rings (SSSR count). The quantitative estimate of drug-likeness (QED) is 0.742. The van der Waals surface area contributed by atoms with Crippen LogP contribution < -0.4 is 0 Å². The lowest BCUT2D eigenvalue weighted by Crippen LogP contribution is -1.94. The Hall–Kier alpha value is -1.38. The topological polar surface area (TPSA) is 37.3 Å². The van der Waals surface area contributed by atoms with E-state index in [1.165, 1.54) is 12.1 Å². The number of carbonyl (C=O) groups excluding carboxylic acids is 1. The van der Waals surface area contributed by atoms with Gasteiger partial charge in [-0.3, -0.25) is 4.79 Å². The Bertz CT molecular complexity index is 308. The Morgan fingerprint density at radius 3 is 2.43 bits per heavy atom. The first-order chi connectivity index (χ1) is 6.70. The molecule has 0 aromatic heterocycles. The van der Waals surface area contributed by atoms with Crippen molar-refractivity contribution in [1.29, 1.82) is 0 Å². The molecule has 0 amide bonds. The van der Waals surface area contributed by atoms with Crippen LogP contribution in [0.4, 0.5) is 4.39 Å². The van der Waals surface area contributed by atoms with Crippen molar-refractivity contribution in [1.82, 2.24) is 0 Å². The number of rotatable bonds is 2. The molecular weight excluding hydrogens is 183 g/mol. The van der Waals surface area contributed by atoms with Crippen molar-refractivity contribution in [2.24, 2.45) is 0 Å². The Balaban J connectivity index is 0.000000791. The Kier molecular flexibility index (Phi) is 5.53. The van der Waals surface area contributed by atoms with Crippen molar-refractivity contribution in [3.63, 3.8) is 0 Å². The minimum Gasteiger partial charge on any atom is -0.507 e. The van der Waals surface area contributed by atoms with Crippen LogP contribution in [0, 0.1) is 5.82 Å². The number of hydrogen-bond donors (Lipinski definition) is 1. The third kappa shape index (κ3) is 2.55. The molecule has 0 bridgehead atoms. The maximum Gasteiger partial charge on any atom is 0.156 e. The van der Waals surface area contributed by atoms with Crippen LogP contribution in [0.2, 0.25) is 0 Å². The number of phenolic OH excluding ortho intramolecular Hbond substituents is 1. The molecular formula is C11H15FO2. The predicted octanol–water partition coefficient (Wildman–Crippen LogP) is 2.93. The second-order valence-electron chi connectivity index (χ2n) is 2.44. The van der Waals surface area contributed by atoms with Crippen LogP contribution in [0.3, 0.4) is 0 Å². The Labute approximate surface area is 83.4 Å². The number of aldehydes is 1.